The second-order valence-electron chi connectivity index (χ2n) is 4.83. The average Bonchev–Trinajstić information content (AvgIpc) is 2.53. The minimum absolute atomic E-state index is 0.493. The van der Waals surface area contributed by atoms with Gasteiger partial charge in [-0.1, -0.05) is 47.0 Å². The second kappa shape index (κ2) is 3.84. The quantitative estimate of drug-likeness (QED) is 0.590. The van der Waals surface area contributed by atoms with Crippen molar-refractivity contribution in [3.05, 3.63) is 22.2 Å². The second-order valence-corrected chi connectivity index (χ2v) is 5.28. The van der Waals surface area contributed by atoms with Crippen molar-refractivity contribution in [2.75, 3.05) is 0 Å². The number of hydrogen-bond donors (Lipinski definition) is 0. The van der Waals surface area contributed by atoms with E-state index in [0.29, 0.717) is 5.41 Å². The lowest BCUT2D eigenvalue weighted by atomic mass is 9.64. The van der Waals surface area contributed by atoms with Crippen LogP contribution in [0.2, 0.25) is 0 Å². The van der Waals surface area contributed by atoms with Crippen LogP contribution in [0.1, 0.15) is 46.0 Å². The minimum atomic E-state index is 0.493. The zero-order valence-corrected chi connectivity index (χ0v) is 10.7. The van der Waals surface area contributed by atoms with Crippen molar-refractivity contribution in [1.82, 2.24) is 0 Å². The van der Waals surface area contributed by atoms with Gasteiger partial charge in [0.2, 0.25) is 0 Å². The number of rotatable bonds is 1. The molecule has 1 fully saturated rings. The SMILES string of the molecule is CCC1=CCC2/C(=C/Br)CCCC12C. The lowest BCUT2D eigenvalue weighted by Gasteiger charge is -2.40. The van der Waals surface area contributed by atoms with Gasteiger partial charge in [0, 0.05) is 0 Å². The Morgan fingerprint density at radius 2 is 2.43 bits per heavy atom. The molecule has 1 heteroatoms. The van der Waals surface area contributed by atoms with Gasteiger partial charge in [0.1, 0.15) is 0 Å². The van der Waals surface area contributed by atoms with Crippen LogP contribution in [0, 0.1) is 11.3 Å². The van der Waals surface area contributed by atoms with Crippen LogP contribution in [-0.4, -0.2) is 0 Å². The largest absolute Gasteiger partial charge is 0.0841 e. The zero-order valence-electron chi connectivity index (χ0n) is 9.15. The Bertz CT molecular complexity index is 288. The molecule has 78 valence electrons. The van der Waals surface area contributed by atoms with E-state index in [-0.39, 0.29) is 0 Å². The van der Waals surface area contributed by atoms with Gasteiger partial charge in [-0.05, 0) is 48.4 Å². The van der Waals surface area contributed by atoms with E-state index in [1.165, 1.54) is 32.1 Å². The highest BCUT2D eigenvalue weighted by Gasteiger charge is 2.43. The third-order valence-corrected chi connectivity index (χ3v) is 4.82. The third-order valence-electron chi connectivity index (χ3n) is 4.23. The van der Waals surface area contributed by atoms with Crippen molar-refractivity contribution in [2.24, 2.45) is 11.3 Å². The van der Waals surface area contributed by atoms with E-state index >= 15 is 0 Å². The van der Waals surface area contributed by atoms with Gasteiger partial charge < -0.3 is 0 Å². The first-order chi connectivity index (χ1) is 6.72. The monoisotopic (exact) mass is 254 g/mol. The summed E-state index contributed by atoms with van der Waals surface area (Å²) in [5.41, 5.74) is 3.83. The molecular weight excluding hydrogens is 236 g/mol. The third kappa shape index (κ3) is 1.41. The summed E-state index contributed by atoms with van der Waals surface area (Å²) in [6.07, 6.45) is 9.06. The predicted octanol–water partition coefficient (Wildman–Crippen LogP) is 4.81. The standard InChI is InChI=1S/C13H19Br/c1-3-11-6-7-12-10(9-14)5-4-8-13(11,12)2/h6,9,12H,3-5,7-8H2,1-2H3/b10-9+. The summed E-state index contributed by atoms with van der Waals surface area (Å²) in [7, 11) is 0. The predicted molar refractivity (Wildman–Crippen MR) is 65.4 cm³/mol. The van der Waals surface area contributed by atoms with Crippen molar-refractivity contribution < 1.29 is 0 Å². The molecule has 0 aromatic heterocycles. The van der Waals surface area contributed by atoms with E-state index < -0.39 is 0 Å². The molecule has 0 radical (unpaired) electrons. The first-order valence-corrected chi connectivity index (χ1v) is 6.62. The molecule has 0 spiro atoms. The van der Waals surface area contributed by atoms with Crippen molar-refractivity contribution in [2.45, 2.75) is 46.0 Å². The summed E-state index contributed by atoms with van der Waals surface area (Å²) < 4.78 is 0. The number of allylic oxidation sites excluding steroid dienone is 3. The molecule has 2 atom stereocenters. The van der Waals surface area contributed by atoms with Gasteiger partial charge in [0.25, 0.3) is 0 Å². The Hall–Kier alpha value is -0.0400. The molecule has 2 unspecified atom stereocenters. The van der Waals surface area contributed by atoms with Crippen LogP contribution >= 0.6 is 15.9 Å². The van der Waals surface area contributed by atoms with Crippen molar-refractivity contribution in [3.63, 3.8) is 0 Å². The summed E-state index contributed by atoms with van der Waals surface area (Å²) in [5.74, 6) is 0.797. The summed E-state index contributed by atoms with van der Waals surface area (Å²) >= 11 is 3.53. The Morgan fingerprint density at radius 3 is 3.07 bits per heavy atom. The Kier molecular flexibility index (Phi) is 2.88. The van der Waals surface area contributed by atoms with Gasteiger partial charge in [-0.15, -0.1) is 0 Å². The molecule has 0 aromatic rings. The molecule has 0 N–H and O–H groups in total. The summed E-state index contributed by atoms with van der Waals surface area (Å²) in [6.45, 7) is 4.77. The first kappa shape index (κ1) is 10.5. The van der Waals surface area contributed by atoms with Crippen LogP contribution in [0.25, 0.3) is 0 Å². The van der Waals surface area contributed by atoms with E-state index in [4.69, 9.17) is 0 Å². The smallest absolute Gasteiger partial charge is 0.00477 e. The lowest BCUT2D eigenvalue weighted by molar-refractivity contribution is 0.230. The van der Waals surface area contributed by atoms with Crippen LogP contribution in [-0.2, 0) is 0 Å². The molecule has 0 bridgehead atoms. The van der Waals surface area contributed by atoms with E-state index in [9.17, 15) is 0 Å². The number of halogens is 1. The minimum Gasteiger partial charge on any atom is -0.0841 e. The van der Waals surface area contributed by atoms with Gasteiger partial charge in [0.05, 0.1) is 0 Å². The maximum atomic E-state index is 3.53. The molecule has 2 rings (SSSR count). The van der Waals surface area contributed by atoms with Crippen LogP contribution < -0.4 is 0 Å². The average molecular weight is 255 g/mol. The van der Waals surface area contributed by atoms with Crippen molar-refractivity contribution >= 4 is 15.9 Å². The highest BCUT2D eigenvalue weighted by atomic mass is 79.9. The maximum Gasteiger partial charge on any atom is -0.00477 e. The molecule has 1 saturated carbocycles. The molecule has 2 aliphatic rings. The van der Waals surface area contributed by atoms with Crippen LogP contribution in [0.15, 0.2) is 22.2 Å². The topological polar surface area (TPSA) is 0 Å². The zero-order chi connectivity index (χ0) is 10.2. The number of hydrogen-bond acceptors (Lipinski definition) is 0. The molecule has 0 heterocycles. The molecule has 0 aliphatic heterocycles. The molecule has 0 saturated heterocycles. The van der Waals surface area contributed by atoms with Crippen LogP contribution in [0.3, 0.4) is 0 Å². The molecule has 0 aromatic carbocycles. The molecular formula is C13H19Br. The molecule has 2 aliphatic carbocycles. The Labute approximate surface area is 95.6 Å². The fraction of sp³-hybridized carbons (Fsp3) is 0.692. The Balaban J connectivity index is 2.30. The van der Waals surface area contributed by atoms with Crippen LogP contribution in [0.5, 0.6) is 0 Å². The van der Waals surface area contributed by atoms with Gasteiger partial charge in [-0.2, -0.15) is 0 Å². The van der Waals surface area contributed by atoms with Gasteiger partial charge >= 0.3 is 0 Å². The lowest BCUT2D eigenvalue weighted by Crippen LogP contribution is -2.30. The number of fused-ring (bicyclic) bond motifs is 1. The summed E-state index contributed by atoms with van der Waals surface area (Å²) in [6, 6.07) is 0. The Morgan fingerprint density at radius 1 is 1.64 bits per heavy atom. The first-order valence-electron chi connectivity index (χ1n) is 5.71. The normalized spacial score (nSPS) is 39.8. The van der Waals surface area contributed by atoms with E-state index in [1.54, 1.807) is 11.1 Å². The molecule has 0 nitrogen and oxygen atoms in total. The van der Waals surface area contributed by atoms with E-state index in [1.807, 2.05) is 0 Å². The summed E-state index contributed by atoms with van der Waals surface area (Å²) in [5, 5.41) is 0. The molecule has 14 heavy (non-hydrogen) atoms. The van der Waals surface area contributed by atoms with E-state index in [2.05, 4.69) is 40.8 Å². The van der Waals surface area contributed by atoms with Crippen LogP contribution in [0.4, 0.5) is 0 Å². The molecule has 0 amide bonds. The van der Waals surface area contributed by atoms with E-state index in [0.717, 1.165) is 5.92 Å². The highest BCUT2D eigenvalue weighted by molar-refractivity contribution is 9.11. The fourth-order valence-corrected chi connectivity index (χ4v) is 3.93. The summed E-state index contributed by atoms with van der Waals surface area (Å²) in [4.78, 5) is 2.18. The maximum absolute atomic E-state index is 3.53. The van der Waals surface area contributed by atoms with Gasteiger partial charge in [0.15, 0.2) is 0 Å². The van der Waals surface area contributed by atoms with Crippen molar-refractivity contribution in [3.8, 4) is 0 Å². The highest BCUT2D eigenvalue weighted by Crippen LogP contribution is 2.55. The van der Waals surface area contributed by atoms with Gasteiger partial charge in [-0.25, -0.2) is 0 Å². The van der Waals surface area contributed by atoms with Crippen molar-refractivity contribution in [1.29, 1.82) is 0 Å². The van der Waals surface area contributed by atoms with Gasteiger partial charge in [-0.3, -0.25) is 0 Å². The fourth-order valence-electron chi connectivity index (χ4n) is 3.39.